The molecular weight excluding hydrogens is 284 g/mol. The molecule has 0 bridgehead atoms. The Hall–Kier alpha value is -1.58. The van der Waals surface area contributed by atoms with Crippen molar-refractivity contribution < 1.29 is 4.74 Å². The number of rotatable bonds is 7. The highest BCUT2D eigenvalue weighted by molar-refractivity contribution is 6.30. The van der Waals surface area contributed by atoms with Crippen LogP contribution >= 0.6 is 11.6 Å². The van der Waals surface area contributed by atoms with Crippen LogP contribution in [0.1, 0.15) is 37.6 Å². The molecule has 2 rings (SSSR count). The van der Waals surface area contributed by atoms with Gasteiger partial charge in [-0.25, -0.2) is 0 Å². The number of hydrogen-bond acceptors (Lipinski definition) is 3. The summed E-state index contributed by atoms with van der Waals surface area (Å²) >= 11 is 5.86. The molecule has 0 radical (unpaired) electrons. The minimum Gasteiger partial charge on any atom is -0.487 e. The molecule has 0 aliphatic heterocycles. The number of aromatic nitrogens is 1. The third kappa shape index (κ3) is 4.73. The second-order valence-corrected chi connectivity index (χ2v) is 5.29. The van der Waals surface area contributed by atoms with E-state index in [-0.39, 0.29) is 0 Å². The van der Waals surface area contributed by atoms with E-state index in [0.717, 1.165) is 35.0 Å². The molecule has 0 saturated heterocycles. The molecule has 4 heteroatoms. The van der Waals surface area contributed by atoms with Gasteiger partial charge < -0.3 is 10.1 Å². The highest BCUT2D eigenvalue weighted by Crippen LogP contribution is 2.18. The molecule has 0 aliphatic rings. The van der Waals surface area contributed by atoms with E-state index in [0.29, 0.717) is 12.6 Å². The fourth-order valence-electron chi connectivity index (χ4n) is 2.13. The summed E-state index contributed by atoms with van der Waals surface area (Å²) in [5.74, 6) is 0.778. The molecule has 2 aromatic rings. The lowest BCUT2D eigenvalue weighted by molar-refractivity contribution is 0.304. The molecule has 3 nitrogen and oxygen atoms in total. The minimum absolute atomic E-state index is 0.306. The lowest BCUT2D eigenvalue weighted by atomic mass is 10.1. The first-order valence-electron chi connectivity index (χ1n) is 7.29. The van der Waals surface area contributed by atoms with Gasteiger partial charge >= 0.3 is 0 Å². The van der Waals surface area contributed by atoms with Gasteiger partial charge in [0.1, 0.15) is 12.4 Å². The summed E-state index contributed by atoms with van der Waals surface area (Å²) in [5.41, 5.74) is 2.14. The molecule has 1 heterocycles. The second kappa shape index (κ2) is 8.01. The molecular formula is C17H21ClN2O. The molecule has 0 saturated carbocycles. The first kappa shape index (κ1) is 15.8. The van der Waals surface area contributed by atoms with Crippen molar-refractivity contribution in [3.63, 3.8) is 0 Å². The van der Waals surface area contributed by atoms with E-state index >= 15 is 0 Å². The third-order valence-electron chi connectivity index (χ3n) is 3.29. The van der Waals surface area contributed by atoms with Crippen molar-refractivity contribution in [2.75, 3.05) is 6.54 Å². The Bertz CT molecular complexity index is 540. The quantitative estimate of drug-likeness (QED) is 0.824. The molecule has 1 N–H and O–H groups in total. The van der Waals surface area contributed by atoms with Crippen LogP contribution in [-0.2, 0) is 6.61 Å². The summed E-state index contributed by atoms with van der Waals surface area (Å²) in [4.78, 5) is 4.49. The number of pyridine rings is 1. The Kier molecular flexibility index (Phi) is 6.03. The summed E-state index contributed by atoms with van der Waals surface area (Å²) in [6.07, 6.45) is 2.80. The average molecular weight is 305 g/mol. The van der Waals surface area contributed by atoms with Gasteiger partial charge in [-0.15, -0.1) is 0 Å². The van der Waals surface area contributed by atoms with E-state index in [4.69, 9.17) is 16.3 Å². The van der Waals surface area contributed by atoms with Crippen LogP contribution in [0.2, 0.25) is 5.02 Å². The number of nitrogens with one attached hydrogen (secondary N) is 1. The van der Waals surface area contributed by atoms with Gasteiger partial charge in [0, 0.05) is 11.1 Å². The fraction of sp³-hybridized carbons (Fsp3) is 0.353. The molecule has 0 aliphatic carbocycles. The number of benzene rings is 1. The lowest BCUT2D eigenvalue weighted by Crippen LogP contribution is -2.20. The van der Waals surface area contributed by atoms with Crippen LogP contribution in [-0.4, -0.2) is 11.5 Å². The van der Waals surface area contributed by atoms with Crippen LogP contribution in [0.5, 0.6) is 5.75 Å². The van der Waals surface area contributed by atoms with Crippen molar-refractivity contribution in [2.24, 2.45) is 0 Å². The molecule has 0 fully saturated rings. The zero-order chi connectivity index (χ0) is 15.1. The molecule has 0 amide bonds. The fourth-order valence-corrected chi connectivity index (χ4v) is 2.26. The first-order chi connectivity index (χ1) is 10.2. The summed E-state index contributed by atoms with van der Waals surface area (Å²) < 4.78 is 5.73. The molecule has 1 unspecified atom stereocenters. The van der Waals surface area contributed by atoms with Gasteiger partial charge in [0.25, 0.3) is 0 Å². The maximum Gasteiger partial charge on any atom is 0.138 e. The van der Waals surface area contributed by atoms with Crippen molar-refractivity contribution in [3.05, 3.63) is 58.9 Å². The highest BCUT2D eigenvalue weighted by atomic mass is 35.5. The van der Waals surface area contributed by atoms with Gasteiger partial charge in [-0.1, -0.05) is 37.6 Å². The zero-order valence-electron chi connectivity index (χ0n) is 12.5. The summed E-state index contributed by atoms with van der Waals surface area (Å²) in [5, 5.41) is 4.15. The van der Waals surface area contributed by atoms with Gasteiger partial charge in [-0.05, 0) is 42.8 Å². The third-order valence-corrected chi connectivity index (χ3v) is 3.55. The predicted octanol–water partition coefficient (Wildman–Crippen LogP) is 4.37. The smallest absolute Gasteiger partial charge is 0.138 e. The van der Waals surface area contributed by atoms with E-state index in [1.165, 1.54) is 0 Å². The average Bonchev–Trinajstić information content (AvgIpc) is 2.53. The van der Waals surface area contributed by atoms with E-state index in [1.54, 1.807) is 6.20 Å². The maximum absolute atomic E-state index is 5.86. The number of halogens is 1. The van der Waals surface area contributed by atoms with Gasteiger partial charge in [-0.3, -0.25) is 4.98 Å². The van der Waals surface area contributed by atoms with E-state index in [1.807, 2.05) is 36.4 Å². The zero-order valence-corrected chi connectivity index (χ0v) is 13.2. The molecule has 1 aromatic heterocycles. The van der Waals surface area contributed by atoms with Gasteiger partial charge in [0.2, 0.25) is 0 Å². The maximum atomic E-state index is 5.86. The van der Waals surface area contributed by atoms with Crippen LogP contribution in [0.25, 0.3) is 0 Å². The van der Waals surface area contributed by atoms with Crippen LogP contribution in [0.15, 0.2) is 42.6 Å². The Morgan fingerprint density at radius 3 is 2.48 bits per heavy atom. The van der Waals surface area contributed by atoms with Gasteiger partial charge in [0.15, 0.2) is 0 Å². The summed E-state index contributed by atoms with van der Waals surface area (Å²) in [6.45, 7) is 5.71. The van der Waals surface area contributed by atoms with Crippen LogP contribution in [0, 0.1) is 0 Å². The summed E-state index contributed by atoms with van der Waals surface area (Å²) in [6, 6.07) is 11.9. The monoisotopic (exact) mass is 304 g/mol. The summed E-state index contributed by atoms with van der Waals surface area (Å²) in [7, 11) is 0. The first-order valence-corrected chi connectivity index (χ1v) is 7.67. The SMILES string of the molecule is CCNC(CC)c1ccc(OCc2ccc(Cl)cc2)cn1. The molecule has 112 valence electrons. The van der Waals surface area contributed by atoms with Crippen LogP contribution < -0.4 is 10.1 Å². The standard InChI is InChI=1S/C17H21ClN2O/c1-3-16(19-4-2)17-10-9-15(11-20-17)21-12-13-5-7-14(18)8-6-13/h5-11,16,19H,3-4,12H2,1-2H3. The molecule has 0 spiro atoms. The Labute approximate surface area is 131 Å². The predicted molar refractivity (Wildman–Crippen MR) is 86.7 cm³/mol. The molecule has 21 heavy (non-hydrogen) atoms. The Balaban J connectivity index is 1.94. The topological polar surface area (TPSA) is 34.1 Å². The van der Waals surface area contributed by atoms with Crippen LogP contribution in [0.3, 0.4) is 0 Å². The van der Waals surface area contributed by atoms with Crippen molar-refractivity contribution in [3.8, 4) is 5.75 Å². The normalized spacial score (nSPS) is 12.1. The molecule has 1 atom stereocenters. The van der Waals surface area contributed by atoms with Crippen molar-refractivity contribution >= 4 is 11.6 Å². The van der Waals surface area contributed by atoms with Crippen molar-refractivity contribution in [2.45, 2.75) is 32.9 Å². The second-order valence-electron chi connectivity index (χ2n) is 4.85. The number of hydrogen-bond donors (Lipinski definition) is 1. The Morgan fingerprint density at radius 2 is 1.90 bits per heavy atom. The Morgan fingerprint density at radius 1 is 1.14 bits per heavy atom. The lowest BCUT2D eigenvalue weighted by Gasteiger charge is -2.15. The van der Waals surface area contributed by atoms with Gasteiger partial charge in [0.05, 0.1) is 11.9 Å². The number of ether oxygens (including phenoxy) is 1. The van der Waals surface area contributed by atoms with E-state index in [2.05, 4.69) is 24.1 Å². The van der Waals surface area contributed by atoms with Gasteiger partial charge in [-0.2, -0.15) is 0 Å². The van der Waals surface area contributed by atoms with Crippen molar-refractivity contribution in [1.29, 1.82) is 0 Å². The van der Waals surface area contributed by atoms with E-state index in [9.17, 15) is 0 Å². The number of nitrogens with zero attached hydrogens (tertiary/aromatic N) is 1. The minimum atomic E-state index is 0.306. The van der Waals surface area contributed by atoms with Crippen LogP contribution in [0.4, 0.5) is 0 Å². The van der Waals surface area contributed by atoms with E-state index < -0.39 is 0 Å². The largest absolute Gasteiger partial charge is 0.487 e. The van der Waals surface area contributed by atoms with Crippen molar-refractivity contribution in [1.82, 2.24) is 10.3 Å². The highest BCUT2D eigenvalue weighted by Gasteiger charge is 2.08. The molecule has 1 aromatic carbocycles.